The third-order valence-electron chi connectivity index (χ3n) is 15.2. The largest absolute Gasteiger partial charge is 0.309 e. The predicted molar refractivity (Wildman–Crippen MR) is 304 cm³/mol. The van der Waals surface area contributed by atoms with Gasteiger partial charge in [-0.25, -0.2) is 0 Å². The fourth-order valence-electron chi connectivity index (χ4n) is 12.2. The summed E-state index contributed by atoms with van der Waals surface area (Å²) < 4.78 is 9.37. The summed E-state index contributed by atoms with van der Waals surface area (Å²) in [4.78, 5) is 0. The number of nitrogens with zero attached hydrogens (tertiary/aromatic N) is 6. The van der Waals surface area contributed by atoms with E-state index in [1.165, 1.54) is 21.5 Å². The smallest absolute Gasteiger partial charge is 0.101 e. The molecule has 0 aliphatic carbocycles. The van der Waals surface area contributed by atoms with Crippen LogP contribution in [0.4, 0.5) is 0 Å². The Kier molecular flexibility index (Phi) is 8.99. The Labute approximate surface area is 424 Å². The molecular weight excluding hydrogens is 901 g/mol. The lowest BCUT2D eigenvalue weighted by atomic mass is 9.97. The Hall–Kier alpha value is -10.4. The lowest BCUT2D eigenvalue weighted by molar-refractivity contribution is 1.09. The first-order chi connectivity index (χ1) is 36.7. The summed E-state index contributed by atoms with van der Waals surface area (Å²) in [7, 11) is 0. The number of nitriles is 2. The van der Waals surface area contributed by atoms with Crippen LogP contribution in [0.1, 0.15) is 11.1 Å². The summed E-state index contributed by atoms with van der Waals surface area (Å²) in [6.45, 7) is 0. The van der Waals surface area contributed by atoms with Gasteiger partial charge in [0.05, 0.1) is 66.6 Å². The molecule has 6 nitrogen and oxygen atoms in total. The number of aromatic nitrogens is 4. The Morgan fingerprint density at radius 3 is 1.26 bits per heavy atom. The quantitative estimate of drug-likeness (QED) is 0.167. The van der Waals surface area contributed by atoms with Crippen molar-refractivity contribution >= 4 is 87.2 Å². The van der Waals surface area contributed by atoms with Crippen molar-refractivity contribution in [1.29, 1.82) is 10.5 Å². The zero-order chi connectivity index (χ0) is 49.0. The highest BCUT2D eigenvalue weighted by Gasteiger charge is 2.26. The van der Waals surface area contributed by atoms with Gasteiger partial charge in [0, 0.05) is 60.0 Å². The lowest BCUT2D eigenvalue weighted by Crippen LogP contribution is -2.05. The number of benzene rings is 11. The normalized spacial score (nSPS) is 11.8. The van der Waals surface area contributed by atoms with Crippen LogP contribution in [0.2, 0.25) is 0 Å². The maximum Gasteiger partial charge on any atom is 0.101 e. The molecule has 6 heteroatoms. The van der Waals surface area contributed by atoms with Crippen molar-refractivity contribution in [2.45, 2.75) is 0 Å². The number of hydrogen-bond donors (Lipinski definition) is 0. The van der Waals surface area contributed by atoms with Gasteiger partial charge in [0.1, 0.15) is 12.1 Å². The van der Waals surface area contributed by atoms with Crippen LogP contribution in [0.15, 0.2) is 243 Å². The molecule has 0 atom stereocenters. The lowest BCUT2D eigenvalue weighted by Gasteiger charge is -2.18. The van der Waals surface area contributed by atoms with Gasteiger partial charge in [0.25, 0.3) is 0 Å². The van der Waals surface area contributed by atoms with Gasteiger partial charge >= 0.3 is 0 Å². The van der Waals surface area contributed by atoms with Crippen LogP contribution in [0.5, 0.6) is 0 Å². The van der Waals surface area contributed by atoms with E-state index in [9.17, 15) is 10.5 Å². The van der Waals surface area contributed by atoms with E-state index in [1.54, 1.807) is 0 Å². The molecule has 0 spiro atoms. The minimum Gasteiger partial charge on any atom is -0.309 e. The maximum absolute atomic E-state index is 10.8. The third-order valence-corrected chi connectivity index (χ3v) is 15.2. The van der Waals surface area contributed by atoms with E-state index in [0.717, 1.165) is 111 Å². The number of para-hydroxylation sites is 7. The summed E-state index contributed by atoms with van der Waals surface area (Å²) >= 11 is 0. The Morgan fingerprint density at radius 1 is 0.270 bits per heavy atom. The van der Waals surface area contributed by atoms with Crippen LogP contribution in [0, 0.1) is 22.7 Å². The highest BCUT2D eigenvalue weighted by molar-refractivity contribution is 6.22. The zero-order valence-corrected chi connectivity index (χ0v) is 39.8. The summed E-state index contributed by atoms with van der Waals surface area (Å²) in [5.74, 6) is 0. The standard InChI is InChI=1S/C68H40N6/c69-41-44-39-64(73-59-32-13-9-24-55(59)66-48(26-16-34-61(66)73)43-36-37-51-49-22-7-11-30-57(49)71(63(51)38-43)46-18-3-1-4-19-46)65(40-45(44)42-70)74-60-33-14-10-25-56(60)67-52(27-17-35-62(67)74)54-29-15-28-53-50-23-8-12-31-58(50)72(68(53)54)47-20-5-2-6-21-47/h1-40H. The number of fused-ring (bicyclic) bond motifs is 12. The molecule has 0 saturated heterocycles. The Balaban J connectivity index is 1.01. The monoisotopic (exact) mass is 940 g/mol. The second-order valence-corrected chi connectivity index (χ2v) is 19.0. The molecule has 0 unspecified atom stereocenters. The van der Waals surface area contributed by atoms with E-state index in [2.05, 4.69) is 261 Å². The summed E-state index contributed by atoms with van der Waals surface area (Å²) in [6, 6.07) is 90.9. The molecule has 0 aliphatic heterocycles. The Bertz CT molecular complexity index is 4920. The van der Waals surface area contributed by atoms with E-state index in [0.29, 0.717) is 11.1 Å². The predicted octanol–water partition coefficient (Wildman–Crippen LogP) is 17.2. The van der Waals surface area contributed by atoms with Gasteiger partial charge in [-0.15, -0.1) is 0 Å². The first-order valence-electron chi connectivity index (χ1n) is 24.9. The molecule has 15 aromatic rings. The summed E-state index contributed by atoms with van der Waals surface area (Å²) in [5, 5.41) is 30.7. The molecule has 0 N–H and O–H groups in total. The van der Waals surface area contributed by atoms with Crippen molar-refractivity contribution < 1.29 is 0 Å². The average molecular weight is 941 g/mol. The van der Waals surface area contributed by atoms with Gasteiger partial charge in [-0.05, 0) is 95.6 Å². The first kappa shape index (κ1) is 41.4. The van der Waals surface area contributed by atoms with E-state index < -0.39 is 0 Å². The van der Waals surface area contributed by atoms with Crippen molar-refractivity contribution in [3.05, 3.63) is 254 Å². The highest BCUT2D eigenvalue weighted by atomic mass is 15.1. The van der Waals surface area contributed by atoms with Crippen molar-refractivity contribution in [3.63, 3.8) is 0 Å². The van der Waals surface area contributed by atoms with Crippen LogP contribution in [0.25, 0.3) is 132 Å². The minimum atomic E-state index is 0.314. The van der Waals surface area contributed by atoms with Crippen LogP contribution in [0.3, 0.4) is 0 Å². The van der Waals surface area contributed by atoms with Crippen LogP contribution in [-0.4, -0.2) is 18.3 Å². The SMILES string of the molecule is N#Cc1cc(-n2c3ccccc3c3c(-c4ccc5c6ccccc6n(-c6ccccc6)c5c4)cccc32)c(-n2c3ccccc3c3c(-c4cccc5c6ccccc6n(-c6ccccc6)c45)cccc32)cc1C#N. The zero-order valence-electron chi connectivity index (χ0n) is 39.8. The molecule has 0 fully saturated rings. The second kappa shape index (κ2) is 16.1. The van der Waals surface area contributed by atoms with Gasteiger partial charge in [0.2, 0.25) is 0 Å². The average Bonchev–Trinajstić information content (AvgIpc) is 4.22. The van der Waals surface area contributed by atoms with Crippen molar-refractivity contribution in [2.24, 2.45) is 0 Å². The fourth-order valence-corrected chi connectivity index (χ4v) is 12.2. The van der Waals surface area contributed by atoms with Crippen molar-refractivity contribution in [3.8, 4) is 57.1 Å². The van der Waals surface area contributed by atoms with Crippen LogP contribution >= 0.6 is 0 Å². The highest BCUT2D eigenvalue weighted by Crippen LogP contribution is 2.46. The first-order valence-corrected chi connectivity index (χ1v) is 24.9. The topological polar surface area (TPSA) is 67.3 Å². The van der Waals surface area contributed by atoms with Crippen molar-refractivity contribution in [1.82, 2.24) is 18.3 Å². The molecule has 4 heterocycles. The molecule has 4 aromatic heterocycles. The Morgan fingerprint density at radius 2 is 0.676 bits per heavy atom. The van der Waals surface area contributed by atoms with Gasteiger partial charge < -0.3 is 18.3 Å². The molecule has 74 heavy (non-hydrogen) atoms. The van der Waals surface area contributed by atoms with Crippen LogP contribution < -0.4 is 0 Å². The van der Waals surface area contributed by atoms with E-state index >= 15 is 0 Å². The summed E-state index contributed by atoms with van der Waals surface area (Å²) in [5.41, 5.74) is 17.4. The molecule has 0 amide bonds. The molecule has 342 valence electrons. The van der Waals surface area contributed by atoms with Crippen LogP contribution in [-0.2, 0) is 0 Å². The number of rotatable bonds is 6. The molecule has 0 aliphatic rings. The van der Waals surface area contributed by atoms with Gasteiger partial charge in [-0.2, -0.15) is 10.5 Å². The third kappa shape index (κ3) is 5.85. The molecule has 0 bridgehead atoms. The fraction of sp³-hybridized carbons (Fsp3) is 0. The maximum atomic E-state index is 10.8. The van der Waals surface area contributed by atoms with E-state index in [4.69, 9.17) is 0 Å². The molecule has 0 radical (unpaired) electrons. The molecule has 11 aromatic carbocycles. The summed E-state index contributed by atoms with van der Waals surface area (Å²) in [6.07, 6.45) is 0. The van der Waals surface area contributed by atoms with Crippen molar-refractivity contribution in [2.75, 3.05) is 0 Å². The molecule has 15 rings (SSSR count). The van der Waals surface area contributed by atoms with Gasteiger partial charge in [0.15, 0.2) is 0 Å². The second-order valence-electron chi connectivity index (χ2n) is 19.0. The van der Waals surface area contributed by atoms with Gasteiger partial charge in [-0.3, -0.25) is 0 Å². The molecule has 0 saturated carbocycles. The van der Waals surface area contributed by atoms with E-state index in [1.807, 2.05) is 12.1 Å². The van der Waals surface area contributed by atoms with Gasteiger partial charge in [-0.1, -0.05) is 164 Å². The van der Waals surface area contributed by atoms with E-state index in [-0.39, 0.29) is 0 Å². The molecular formula is C68H40N6. The number of hydrogen-bond acceptors (Lipinski definition) is 2. The minimum absolute atomic E-state index is 0.314.